The number of aryl methyl sites for hydroxylation is 1. The number of hydrogen-bond acceptors (Lipinski definition) is 1. The Labute approximate surface area is 97.2 Å². The Bertz CT molecular complexity index is 317. The second-order valence-corrected chi connectivity index (χ2v) is 4.67. The lowest BCUT2D eigenvalue weighted by Gasteiger charge is -2.25. The van der Waals surface area contributed by atoms with Crippen molar-refractivity contribution in [1.29, 1.82) is 0 Å². The molecule has 0 unspecified atom stereocenters. The van der Waals surface area contributed by atoms with Gasteiger partial charge in [0, 0.05) is 5.56 Å². The average molecular weight is 222 g/mol. The molecule has 1 atom stereocenters. The molecule has 0 radical (unpaired) electrons. The fourth-order valence-corrected chi connectivity index (χ4v) is 2.17. The van der Waals surface area contributed by atoms with Crippen LogP contribution < -0.4 is 10.6 Å². The number of quaternary nitrogens is 2. The monoisotopic (exact) mass is 222 g/mol. The van der Waals surface area contributed by atoms with Gasteiger partial charge in [0.05, 0.1) is 13.2 Å². The zero-order valence-corrected chi connectivity index (χ0v) is 10.0. The number of rotatable bonds is 3. The molecule has 88 valence electrons. The molecule has 0 spiro atoms. The maximum atomic E-state index is 5.36. The molecule has 16 heavy (non-hydrogen) atoms. The lowest BCUT2D eigenvalue weighted by Crippen LogP contribution is -3.15. The second-order valence-electron chi connectivity index (χ2n) is 4.67. The molecule has 1 aromatic carbocycles. The lowest BCUT2D eigenvalue weighted by atomic mass is 10.1. The van der Waals surface area contributed by atoms with Crippen LogP contribution in [-0.2, 0) is 4.74 Å². The highest BCUT2D eigenvalue weighted by atomic mass is 16.5. The van der Waals surface area contributed by atoms with Crippen LogP contribution in [0.4, 0.5) is 0 Å². The van der Waals surface area contributed by atoms with Gasteiger partial charge in [0.15, 0.2) is 6.04 Å². The van der Waals surface area contributed by atoms with Crippen LogP contribution >= 0.6 is 0 Å². The summed E-state index contributed by atoms with van der Waals surface area (Å²) in [5.74, 6) is 0. The molecule has 3 heteroatoms. The predicted molar refractivity (Wildman–Crippen MR) is 63.2 cm³/mol. The van der Waals surface area contributed by atoms with Crippen molar-refractivity contribution in [2.45, 2.75) is 13.0 Å². The summed E-state index contributed by atoms with van der Waals surface area (Å²) >= 11 is 0. The van der Waals surface area contributed by atoms with Gasteiger partial charge in [-0.3, -0.25) is 0 Å². The third kappa shape index (κ3) is 3.04. The van der Waals surface area contributed by atoms with Gasteiger partial charge in [-0.05, 0) is 6.92 Å². The van der Waals surface area contributed by atoms with E-state index in [9.17, 15) is 0 Å². The number of morpholine rings is 1. The quantitative estimate of drug-likeness (QED) is 0.690. The third-order valence-corrected chi connectivity index (χ3v) is 3.28. The highest BCUT2D eigenvalue weighted by Crippen LogP contribution is 2.08. The summed E-state index contributed by atoms with van der Waals surface area (Å²) in [7, 11) is 0. The Kier molecular flexibility index (Phi) is 3.93. The minimum atomic E-state index is 0.397. The van der Waals surface area contributed by atoms with Crippen LogP contribution in [-0.4, -0.2) is 32.8 Å². The summed E-state index contributed by atoms with van der Waals surface area (Å²) < 4.78 is 5.36. The van der Waals surface area contributed by atoms with E-state index in [-0.39, 0.29) is 0 Å². The van der Waals surface area contributed by atoms with Crippen molar-refractivity contribution in [3.63, 3.8) is 0 Å². The summed E-state index contributed by atoms with van der Waals surface area (Å²) in [6.07, 6.45) is 0. The van der Waals surface area contributed by atoms with Crippen molar-refractivity contribution in [2.24, 2.45) is 0 Å². The fraction of sp³-hybridized carbons (Fsp3) is 0.538. The summed E-state index contributed by atoms with van der Waals surface area (Å²) in [6, 6.07) is 9.14. The van der Waals surface area contributed by atoms with Gasteiger partial charge in [-0.2, -0.15) is 0 Å². The predicted octanol–water partition coefficient (Wildman–Crippen LogP) is -0.807. The van der Waals surface area contributed by atoms with E-state index in [0.717, 1.165) is 32.8 Å². The molecule has 0 amide bonds. The van der Waals surface area contributed by atoms with Crippen LogP contribution in [0.15, 0.2) is 24.3 Å². The number of ether oxygens (including phenoxy) is 1. The highest BCUT2D eigenvalue weighted by molar-refractivity contribution is 5.22. The molecular formula is C13H22N2O+2. The molecular weight excluding hydrogens is 200 g/mol. The molecule has 4 N–H and O–H groups in total. The molecule has 1 heterocycles. The molecule has 1 aliphatic heterocycles. The Morgan fingerprint density at radius 3 is 2.50 bits per heavy atom. The van der Waals surface area contributed by atoms with Crippen molar-refractivity contribution < 1.29 is 15.4 Å². The van der Waals surface area contributed by atoms with Gasteiger partial charge < -0.3 is 15.4 Å². The molecule has 0 aliphatic carbocycles. The van der Waals surface area contributed by atoms with E-state index in [2.05, 4.69) is 36.9 Å². The Balaban J connectivity index is 1.91. The molecule has 0 bridgehead atoms. The van der Waals surface area contributed by atoms with E-state index in [1.165, 1.54) is 11.1 Å². The van der Waals surface area contributed by atoms with Gasteiger partial charge in [0.1, 0.15) is 19.6 Å². The zero-order valence-electron chi connectivity index (χ0n) is 10.0. The molecule has 1 saturated heterocycles. The van der Waals surface area contributed by atoms with E-state index in [1.54, 1.807) is 4.90 Å². The Morgan fingerprint density at radius 2 is 1.88 bits per heavy atom. The van der Waals surface area contributed by atoms with Gasteiger partial charge in [-0.1, -0.05) is 29.8 Å². The largest absolute Gasteiger partial charge is 0.370 e. The Hall–Kier alpha value is -0.900. The maximum absolute atomic E-state index is 5.36. The standard InChI is InChI=1S/C13H20N2O/c1-11-2-4-12(5-3-11)13(14)10-15-6-8-16-9-7-15/h2-5,13H,6-10,14H2,1H3/p+2/t13-/m0/s1. The molecule has 0 aromatic heterocycles. The topological polar surface area (TPSA) is 41.3 Å². The molecule has 3 nitrogen and oxygen atoms in total. The van der Waals surface area contributed by atoms with Crippen molar-refractivity contribution in [1.82, 2.24) is 0 Å². The van der Waals surface area contributed by atoms with E-state index < -0.39 is 0 Å². The van der Waals surface area contributed by atoms with Gasteiger partial charge >= 0.3 is 0 Å². The van der Waals surface area contributed by atoms with Crippen LogP contribution in [0.2, 0.25) is 0 Å². The lowest BCUT2D eigenvalue weighted by molar-refractivity contribution is -0.918. The zero-order chi connectivity index (χ0) is 11.4. The first-order chi connectivity index (χ1) is 7.75. The fourth-order valence-electron chi connectivity index (χ4n) is 2.17. The number of benzene rings is 1. The molecule has 2 rings (SSSR count). The maximum Gasteiger partial charge on any atom is 0.160 e. The van der Waals surface area contributed by atoms with Crippen LogP contribution in [0.5, 0.6) is 0 Å². The van der Waals surface area contributed by atoms with Gasteiger partial charge in [-0.25, -0.2) is 0 Å². The van der Waals surface area contributed by atoms with Gasteiger partial charge in [-0.15, -0.1) is 0 Å². The van der Waals surface area contributed by atoms with E-state index in [1.807, 2.05) is 0 Å². The average Bonchev–Trinajstić information content (AvgIpc) is 2.31. The minimum absolute atomic E-state index is 0.397. The smallest absolute Gasteiger partial charge is 0.160 e. The molecule has 1 fully saturated rings. The second kappa shape index (κ2) is 5.43. The highest BCUT2D eigenvalue weighted by Gasteiger charge is 2.20. The summed E-state index contributed by atoms with van der Waals surface area (Å²) in [6.45, 7) is 7.28. The summed E-state index contributed by atoms with van der Waals surface area (Å²) in [5, 5.41) is 0. The van der Waals surface area contributed by atoms with E-state index in [0.29, 0.717) is 6.04 Å². The Morgan fingerprint density at radius 1 is 1.25 bits per heavy atom. The van der Waals surface area contributed by atoms with Gasteiger partial charge in [0.2, 0.25) is 0 Å². The molecule has 1 aliphatic rings. The summed E-state index contributed by atoms with van der Waals surface area (Å²) in [4.78, 5) is 1.62. The first-order valence-corrected chi connectivity index (χ1v) is 6.06. The van der Waals surface area contributed by atoms with Crippen LogP contribution in [0.1, 0.15) is 17.2 Å². The molecule has 0 saturated carbocycles. The number of hydrogen-bond donors (Lipinski definition) is 2. The first kappa shape index (κ1) is 11.6. The van der Waals surface area contributed by atoms with Crippen molar-refractivity contribution in [3.8, 4) is 0 Å². The van der Waals surface area contributed by atoms with Crippen LogP contribution in [0.3, 0.4) is 0 Å². The molecule has 1 aromatic rings. The summed E-state index contributed by atoms with van der Waals surface area (Å²) in [5.41, 5.74) is 6.94. The van der Waals surface area contributed by atoms with Crippen molar-refractivity contribution >= 4 is 0 Å². The minimum Gasteiger partial charge on any atom is -0.370 e. The normalized spacial score (nSPS) is 19.6. The van der Waals surface area contributed by atoms with Crippen molar-refractivity contribution in [3.05, 3.63) is 35.4 Å². The van der Waals surface area contributed by atoms with Crippen LogP contribution in [0, 0.1) is 6.92 Å². The van der Waals surface area contributed by atoms with E-state index in [4.69, 9.17) is 4.74 Å². The van der Waals surface area contributed by atoms with E-state index >= 15 is 0 Å². The van der Waals surface area contributed by atoms with Crippen molar-refractivity contribution in [2.75, 3.05) is 32.8 Å². The van der Waals surface area contributed by atoms with Gasteiger partial charge in [0.25, 0.3) is 0 Å². The SMILES string of the molecule is Cc1ccc([C@@H]([NH3+])C[NH+]2CCOCC2)cc1. The first-order valence-electron chi connectivity index (χ1n) is 6.06. The third-order valence-electron chi connectivity index (χ3n) is 3.28. The van der Waals surface area contributed by atoms with Crippen LogP contribution in [0.25, 0.3) is 0 Å². The number of nitrogens with one attached hydrogen (secondary N) is 1.